The van der Waals surface area contributed by atoms with Crippen LogP contribution >= 0.6 is 11.3 Å². The zero-order valence-corrected chi connectivity index (χ0v) is 14.6. The predicted molar refractivity (Wildman–Crippen MR) is 91.9 cm³/mol. The molecule has 0 spiro atoms. The summed E-state index contributed by atoms with van der Waals surface area (Å²) in [6, 6.07) is 8.88. The van der Waals surface area contributed by atoms with E-state index in [1.54, 1.807) is 11.3 Å². The van der Waals surface area contributed by atoms with Crippen molar-refractivity contribution in [3.63, 3.8) is 0 Å². The van der Waals surface area contributed by atoms with E-state index >= 15 is 0 Å². The van der Waals surface area contributed by atoms with Gasteiger partial charge in [0.1, 0.15) is 5.01 Å². The SMILES string of the molecule is CC(C)c1ccc(CNCc2nc(C(C)(C)C)cs2)cc1. The molecule has 1 aromatic heterocycles. The van der Waals surface area contributed by atoms with Crippen molar-refractivity contribution < 1.29 is 0 Å². The van der Waals surface area contributed by atoms with E-state index in [2.05, 4.69) is 69.6 Å². The van der Waals surface area contributed by atoms with Crippen molar-refractivity contribution in [1.29, 1.82) is 0 Å². The van der Waals surface area contributed by atoms with Crippen molar-refractivity contribution in [2.45, 2.75) is 59.0 Å². The minimum Gasteiger partial charge on any atom is -0.306 e. The molecule has 1 aromatic carbocycles. The fourth-order valence-electron chi connectivity index (χ4n) is 2.07. The molecule has 2 rings (SSSR count). The minimum atomic E-state index is 0.140. The molecule has 1 N–H and O–H groups in total. The van der Waals surface area contributed by atoms with Crippen LogP contribution in [-0.4, -0.2) is 4.98 Å². The number of benzene rings is 1. The van der Waals surface area contributed by atoms with E-state index in [0.717, 1.165) is 13.1 Å². The smallest absolute Gasteiger partial charge is 0.107 e. The van der Waals surface area contributed by atoms with Gasteiger partial charge in [-0.25, -0.2) is 4.98 Å². The minimum absolute atomic E-state index is 0.140. The molecule has 2 nitrogen and oxygen atoms in total. The summed E-state index contributed by atoms with van der Waals surface area (Å²) in [6.07, 6.45) is 0. The number of hydrogen-bond acceptors (Lipinski definition) is 3. The summed E-state index contributed by atoms with van der Waals surface area (Å²) < 4.78 is 0. The van der Waals surface area contributed by atoms with E-state index in [4.69, 9.17) is 4.98 Å². The van der Waals surface area contributed by atoms with E-state index in [-0.39, 0.29) is 5.41 Å². The zero-order chi connectivity index (χ0) is 15.5. The van der Waals surface area contributed by atoms with E-state index in [0.29, 0.717) is 5.92 Å². The van der Waals surface area contributed by atoms with Crippen molar-refractivity contribution in [3.8, 4) is 0 Å². The third kappa shape index (κ3) is 4.65. The fourth-order valence-corrected chi connectivity index (χ4v) is 3.06. The molecule has 0 aliphatic carbocycles. The average molecular weight is 302 g/mol. The summed E-state index contributed by atoms with van der Waals surface area (Å²) in [7, 11) is 0. The van der Waals surface area contributed by atoms with E-state index in [9.17, 15) is 0 Å². The number of rotatable bonds is 5. The molecule has 0 bridgehead atoms. The number of nitrogens with zero attached hydrogens (tertiary/aromatic N) is 1. The Bertz CT molecular complexity index is 562. The van der Waals surface area contributed by atoms with Crippen molar-refractivity contribution in [3.05, 3.63) is 51.5 Å². The Hall–Kier alpha value is -1.19. The van der Waals surface area contributed by atoms with Crippen LogP contribution in [0.25, 0.3) is 0 Å². The third-order valence-electron chi connectivity index (χ3n) is 3.57. The molecule has 0 aliphatic rings. The van der Waals surface area contributed by atoms with Gasteiger partial charge in [0.15, 0.2) is 0 Å². The molecule has 0 aliphatic heterocycles. The Labute approximate surface area is 132 Å². The Morgan fingerprint density at radius 2 is 1.76 bits per heavy atom. The molecule has 0 atom stereocenters. The molecule has 21 heavy (non-hydrogen) atoms. The Morgan fingerprint density at radius 3 is 2.29 bits per heavy atom. The number of thiazole rings is 1. The Morgan fingerprint density at radius 1 is 1.10 bits per heavy atom. The number of hydrogen-bond donors (Lipinski definition) is 1. The highest BCUT2D eigenvalue weighted by Gasteiger charge is 2.17. The molecule has 0 amide bonds. The Kier molecular flexibility index (Phi) is 5.17. The topological polar surface area (TPSA) is 24.9 Å². The maximum Gasteiger partial charge on any atom is 0.107 e. The maximum absolute atomic E-state index is 4.71. The molecule has 0 saturated carbocycles. The van der Waals surface area contributed by atoms with Crippen LogP contribution in [0.5, 0.6) is 0 Å². The van der Waals surface area contributed by atoms with E-state index in [1.807, 2.05) is 0 Å². The van der Waals surface area contributed by atoms with Gasteiger partial charge in [0, 0.05) is 23.9 Å². The van der Waals surface area contributed by atoms with Crippen molar-refractivity contribution >= 4 is 11.3 Å². The second-order valence-electron chi connectivity index (χ2n) is 6.88. The number of aromatic nitrogens is 1. The molecular formula is C18H26N2S. The second-order valence-corrected chi connectivity index (χ2v) is 7.82. The lowest BCUT2D eigenvalue weighted by molar-refractivity contribution is 0.568. The van der Waals surface area contributed by atoms with Gasteiger partial charge in [-0.3, -0.25) is 0 Å². The van der Waals surface area contributed by atoms with Crippen LogP contribution in [0.3, 0.4) is 0 Å². The molecule has 0 fully saturated rings. The highest BCUT2D eigenvalue weighted by atomic mass is 32.1. The lowest BCUT2D eigenvalue weighted by Gasteiger charge is -2.14. The standard InChI is InChI=1S/C18H26N2S/c1-13(2)15-8-6-14(7-9-15)10-19-11-17-20-16(12-21-17)18(3,4)5/h6-9,12-13,19H,10-11H2,1-5H3. The van der Waals surface area contributed by atoms with Gasteiger partial charge >= 0.3 is 0 Å². The van der Waals surface area contributed by atoms with Gasteiger partial charge in [0.05, 0.1) is 5.69 Å². The monoisotopic (exact) mass is 302 g/mol. The molecule has 2 aromatic rings. The highest BCUT2D eigenvalue weighted by Crippen LogP contribution is 2.23. The summed E-state index contributed by atoms with van der Waals surface area (Å²) in [5, 5.41) is 6.82. The van der Waals surface area contributed by atoms with Gasteiger partial charge < -0.3 is 5.32 Å². The summed E-state index contributed by atoms with van der Waals surface area (Å²) in [5.74, 6) is 0.596. The zero-order valence-electron chi connectivity index (χ0n) is 13.7. The molecule has 114 valence electrons. The first kappa shape index (κ1) is 16.2. The fraction of sp³-hybridized carbons (Fsp3) is 0.500. The van der Waals surface area contributed by atoms with Crippen LogP contribution < -0.4 is 5.32 Å². The summed E-state index contributed by atoms with van der Waals surface area (Å²) in [6.45, 7) is 12.8. The van der Waals surface area contributed by atoms with E-state index in [1.165, 1.54) is 21.8 Å². The van der Waals surface area contributed by atoms with Gasteiger partial charge in [0.2, 0.25) is 0 Å². The van der Waals surface area contributed by atoms with Crippen LogP contribution in [0.2, 0.25) is 0 Å². The average Bonchev–Trinajstić information content (AvgIpc) is 2.88. The lowest BCUT2D eigenvalue weighted by atomic mass is 9.93. The van der Waals surface area contributed by atoms with Crippen molar-refractivity contribution in [2.24, 2.45) is 0 Å². The van der Waals surface area contributed by atoms with Crippen molar-refractivity contribution in [2.75, 3.05) is 0 Å². The van der Waals surface area contributed by atoms with E-state index < -0.39 is 0 Å². The molecular weight excluding hydrogens is 276 g/mol. The quantitative estimate of drug-likeness (QED) is 0.853. The van der Waals surface area contributed by atoms with Crippen LogP contribution in [0.15, 0.2) is 29.6 Å². The predicted octanol–water partition coefficient (Wildman–Crippen LogP) is 4.85. The van der Waals surface area contributed by atoms with Crippen LogP contribution in [0, 0.1) is 0 Å². The summed E-state index contributed by atoms with van der Waals surface area (Å²) >= 11 is 1.74. The Balaban J connectivity index is 1.85. The highest BCUT2D eigenvalue weighted by molar-refractivity contribution is 7.09. The van der Waals surface area contributed by atoms with Gasteiger partial charge in [-0.2, -0.15) is 0 Å². The largest absolute Gasteiger partial charge is 0.306 e. The van der Waals surface area contributed by atoms with Crippen molar-refractivity contribution in [1.82, 2.24) is 10.3 Å². The second kappa shape index (κ2) is 6.71. The molecule has 0 radical (unpaired) electrons. The van der Waals surface area contributed by atoms with Gasteiger partial charge in [-0.1, -0.05) is 58.9 Å². The summed E-state index contributed by atoms with van der Waals surface area (Å²) in [4.78, 5) is 4.71. The molecule has 3 heteroatoms. The van der Waals surface area contributed by atoms with Crippen LogP contribution in [0.4, 0.5) is 0 Å². The third-order valence-corrected chi connectivity index (χ3v) is 4.42. The molecule has 1 heterocycles. The van der Waals surface area contributed by atoms with Gasteiger partial charge in [0.25, 0.3) is 0 Å². The molecule has 0 saturated heterocycles. The molecule has 0 unspecified atom stereocenters. The lowest BCUT2D eigenvalue weighted by Crippen LogP contribution is -2.14. The first-order valence-electron chi connectivity index (χ1n) is 7.60. The van der Waals surface area contributed by atoms with Gasteiger partial charge in [-0.05, 0) is 17.0 Å². The first-order chi connectivity index (χ1) is 9.86. The summed E-state index contributed by atoms with van der Waals surface area (Å²) in [5.41, 5.74) is 4.05. The number of nitrogens with one attached hydrogen (secondary N) is 1. The maximum atomic E-state index is 4.71. The van der Waals surface area contributed by atoms with Gasteiger partial charge in [-0.15, -0.1) is 11.3 Å². The van der Waals surface area contributed by atoms with Crippen LogP contribution in [-0.2, 0) is 18.5 Å². The first-order valence-corrected chi connectivity index (χ1v) is 8.48. The van der Waals surface area contributed by atoms with Crippen LogP contribution in [0.1, 0.15) is 62.4 Å². The normalized spacial score (nSPS) is 12.1.